The van der Waals surface area contributed by atoms with E-state index in [0.717, 1.165) is 0 Å². The van der Waals surface area contributed by atoms with E-state index in [4.69, 9.17) is 15.9 Å². The SMILES string of the molecule is CN(C)C(=O)c1ccc(C(=O)NC(CCOc2cccc(C(=N)N)c2)C(=O)O)cc1. The van der Waals surface area contributed by atoms with E-state index < -0.39 is 17.9 Å². The molecule has 2 rings (SSSR count). The molecule has 9 nitrogen and oxygen atoms in total. The smallest absolute Gasteiger partial charge is 0.326 e. The van der Waals surface area contributed by atoms with Crippen LogP contribution >= 0.6 is 0 Å². The van der Waals surface area contributed by atoms with Gasteiger partial charge in [-0.05, 0) is 36.4 Å². The Labute approximate surface area is 174 Å². The van der Waals surface area contributed by atoms with E-state index in [0.29, 0.717) is 16.9 Å². The number of nitrogens with one attached hydrogen (secondary N) is 2. The Balaban J connectivity index is 1.96. The van der Waals surface area contributed by atoms with E-state index in [2.05, 4.69) is 5.32 Å². The van der Waals surface area contributed by atoms with Gasteiger partial charge in [0.05, 0.1) is 6.61 Å². The third kappa shape index (κ3) is 6.06. The first-order valence-corrected chi connectivity index (χ1v) is 9.11. The molecule has 0 spiro atoms. The van der Waals surface area contributed by atoms with E-state index in [9.17, 15) is 19.5 Å². The highest BCUT2D eigenvalue weighted by atomic mass is 16.5. The highest BCUT2D eigenvalue weighted by molar-refractivity contribution is 5.99. The molecule has 0 radical (unpaired) electrons. The Kier molecular flexibility index (Phi) is 7.51. The molecule has 0 heterocycles. The number of amides is 2. The van der Waals surface area contributed by atoms with Gasteiger partial charge in [0.25, 0.3) is 11.8 Å². The van der Waals surface area contributed by atoms with Gasteiger partial charge in [-0.25, -0.2) is 4.79 Å². The molecule has 2 aromatic carbocycles. The summed E-state index contributed by atoms with van der Waals surface area (Å²) in [5, 5.41) is 19.3. The van der Waals surface area contributed by atoms with Gasteiger partial charge in [-0.1, -0.05) is 12.1 Å². The van der Waals surface area contributed by atoms with Crippen LogP contribution in [0.15, 0.2) is 48.5 Å². The quantitative estimate of drug-likeness (QED) is 0.361. The number of nitrogen functional groups attached to an aromatic ring is 1. The summed E-state index contributed by atoms with van der Waals surface area (Å²) in [6.45, 7) is 0.0366. The van der Waals surface area contributed by atoms with E-state index >= 15 is 0 Å². The first-order valence-electron chi connectivity index (χ1n) is 9.11. The average molecular weight is 412 g/mol. The second kappa shape index (κ2) is 10.1. The molecule has 2 amide bonds. The molecular formula is C21H24N4O5. The van der Waals surface area contributed by atoms with Crippen molar-refractivity contribution in [1.29, 1.82) is 5.41 Å². The van der Waals surface area contributed by atoms with Crippen LogP contribution < -0.4 is 15.8 Å². The summed E-state index contributed by atoms with van der Waals surface area (Å²) in [5.41, 5.74) is 6.59. The Morgan fingerprint density at radius 3 is 2.30 bits per heavy atom. The Bertz CT molecular complexity index is 941. The number of rotatable bonds is 9. The van der Waals surface area contributed by atoms with Crippen molar-refractivity contribution in [1.82, 2.24) is 10.2 Å². The minimum atomic E-state index is -1.19. The number of nitrogens with two attached hydrogens (primary N) is 1. The molecule has 0 bridgehead atoms. The second-order valence-corrected chi connectivity index (χ2v) is 6.72. The van der Waals surface area contributed by atoms with Crippen molar-refractivity contribution in [3.63, 3.8) is 0 Å². The molecule has 0 fully saturated rings. The van der Waals surface area contributed by atoms with Gasteiger partial charge >= 0.3 is 5.97 Å². The van der Waals surface area contributed by atoms with Gasteiger partial charge in [-0.2, -0.15) is 0 Å². The lowest BCUT2D eigenvalue weighted by atomic mass is 10.1. The van der Waals surface area contributed by atoms with Gasteiger partial charge in [-0.15, -0.1) is 0 Å². The van der Waals surface area contributed by atoms with E-state index in [-0.39, 0.29) is 30.3 Å². The lowest BCUT2D eigenvalue weighted by Gasteiger charge is -2.16. The molecule has 30 heavy (non-hydrogen) atoms. The van der Waals surface area contributed by atoms with E-state index in [1.165, 1.54) is 29.2 Å². The summed E-state index contributed by atoms with van der Waals surface area (Å²) < 4.78 is 5.52. The van der Waals surface area contributed by atoms with Crippen molar-refractivity contribution in [2.45, 2.75) is 12.5 Å². The topological polar surface area (TPSA) is 146 Å². The molecule has 0 aromatic heterocycles. The van der Waals surface area contributed by atoms with Crippen LogP contribution in [0, 0.1) is 5.41 Å². The third-order valence-electron chi connectivity index (χ3n) is 4.22. The maximum atomic E-state index is 12.4. The predicted molar refractivity (Wildman–Crippen MR) is 111 cm³/mol. The summed E-state index contributed by atoms with van der Waals surface area (Å²) in [6.07, 6.45) is 0.0303. The third-order valence-corrected chi connectivity index (χ3v) is 4.22. The molecular weight excluding hydrogens is 388 g/mol. The largest absolute Gasteiger partial charge is 0.493 e. The minimum Gasteiger partial charge on any atom is -0.493 e. The molecule has 1 unspecified atom stereocenters. The molecule has 2 aromatic rings. The number of hydrogen-bond acceptors (Lipinski definition) is 5. The van der Waals surface area contributed by atoms with Gasteiger partial charge in [0.15, 0.2) is 0 Å². The zero-order valence-electron chi connectivity index (χ0n) is 16.7. The van der Waals surface area contributed by atoms with Crippen LogP contribution in [0.5, 0.6) is 5.75 Å². The van der Waals surface area contributed by atoms with Crippen molar-refractivity contribution in [3.05, 3.63) is 65.2 Å². The number of nitrogens with zero attached hydrogens (tertiary/aromatic N) is 1. The van der Waals surface area contributed by atoms with E-state index in [1.54, 1.807) is 38.4 Å². The van der Waals surface area contributed by atoms with Crippen LogP contribution in [0.2, 0.25) is 0 Å². The molecule has 0 saturated carbocycles. The number of carboxylic acid groups (broad SMARTS) is 1. The first-order chi connectivity index (χ1) is 14.2. The van der Waals surface area contributed by atoms with Crippen LogP contribution in [0.25, 0.3) is 0 Å². The molecule has 1 atom stereocenters. The minimum absolute atomic E-state index is 0.0303. The van der Waals surface area contributed by atoms with Crippen LogP contribution in [0.1, 0.15) is 32.7 Å². The molecule has 0 aliphatic heterocycles. The van der Waals surface area contributed by atoms with Crippen LogP contribution in [0.3, 0.4) is 0 Å². The monoisotopic (exact) mass is 412 g/mol. The van der Waals surface area contributed by atoms with Gasteiger partial charge in [-0.3, -0.25) is 15.0 Å². The highest BCUT2D eigenvalue weighted by Gasteiger charge is 2.21. The number of amidine groups is 1. The fraction of sp³-hybridized carbons (Fsp3) is 0.238. The zero-order valence-corrected chi connectivity index (χ0v) is 16.7. The maximum absolute atomic E-state index is 12.4. The van der Waals surface area contributed by atoms with Gasteiger partial charge in [0.1, 0.15) is 17.6 Å². The summed E-state index contributed by atoms with van der Waals surface area (Å²) >= 11 is 0. The zero-order chi connectivity index (χ0) is 22.3. The Morgan fingerprint density at radius 1 is 1.10 bits per heavy atom. The predicted octanol–water partition coefficient (Wildman–Crippen LogP) is 1.32. The van der Waals surface area contributed by atoms with Crippen LogP contribution in [0.4, 0.5) is 0 Å². The van der Waals surface area contributed by atoms with Gasteiger partial charge < -0.3 is 25.8 Å². The van der Waals surface area contributed by atoms with Gasteiger partial charge in [0.2, 0.25) is 0 Å². The number of carbonyl (C=O) groups excluding carboxylic acids is 2. The molecule has 5 N–H and O–H groups in total. The standard InChI is InChI=1S/C21H24N4O5/c1-25(2)20(27)14-8-6-13(7-9-14)19(26)24-17(21(28)29)10-11-30-16-5-3-4-15(12-16)18(22)23/h3-9,12,17H,10-11H2,1-2H3,(H3,22,23)(H,24,26)(H,28,29). The number of benzene rings is 2. The van der Waals surface area contributed by atoms with E-state index in [1.807, 2.05) is 0 Å². The molecule has 9 heteroatoms. The number of carbonyl (C=O) groups is 3. The normalized spacial score (nSPS) is 11.3. The Hall–Kier alpha value is -3.88. The summed E-state index contributed by atoms with van der Waals surface area (Å²) in [4.78, 5) is 37.2. The lowest BCUT2D eigenvalue weighted by Crippen LogP contribution is -2.41. The van der Waals surface area contributed by atoms with Crippen molar-refractivity contribution in [2.75, 3.05) is 20.7 Å². The summed E-state index contributed by atoms with van der Waals surface area (Å²) in [7, 11) is 3.25. The molecule has 158 valence electrons. The summed E-state index contributed by atoms with van der Waals surface area (Å²) in [6, 6.07) is 11.4. The first kappa shape index (κ1) is 22.4. The maximum Gasteiger partial charge on any atom is 0.326 e. The molecule has 0 aliphatic carbocycles. The lowest BCUT2D eigenvalue weighted by molar-refractivity contribution is -0.139. The number of hydrogen-bond donors (Lipinski definition) is 4. The number of ether oxygens (including phenoxy) is 1. The van der Waals surface area contributed by atoms with Crippen molar-refractivity contribution in [3.8, 4) is 5.75 Å². The van der Waals surface area contributed by atoms with Crippen LogP contribution in [-0.4, -0.2) is 60.4 Å². The Morgan fingerprint density at radius 2 is 1.73 bits per heavy atom. The van der Waals surface area contributed by atoms with Crippen molar-refractivity contribution < 1.29 is 24.2 Å². The van der Waals surface area contributed by atoms with Crippen molar-refractivity contribution >= 4 is 23.6 Å². The highest BCUT2D eigenvalue weighted by Crippen LogP contribution is 2.14. The average Bonchev–Trinajstić information content (AvgIpc) is 2.72. The van der Waals surface area contributed by atoms with Gasteiger partial charge in [0, 0.05) is 37.2 Å². The summed E-state index contributed by atoms with van der Waals surface area (Å²) in [5.74, 6) is -1.61. The molecule has 0 aliphatic rings. The van der Waals surface area contributed by atoms with Crippen molar-refractivity contribution in [2.24, 2.45) is 5.73 Å². The number of carboxylic acids is 1. The molecule has 0 saturated heterocycles. The number of aliphatic carboxylic acids is 1. The van der Waals surface area contributed by atoms with Crippen LogP contribution in [-0.2, 0) is 4.79 Å². The second-order valence-electron chi connectivity index (χ2n) is 6.72. The fourth-order valence-electron chi connectivity index (χ4n) is 2.57. The fourth-order valence-corrected chi connectivity index (χ4v) is 2.57.